The van der Waals surface area contributed by atoms with Gasteiger partial charge in [-0.3, -0.25) is 4.98 Å². The highest BCUT2D eigenvalue weighted by molar-refractivity contribution is 7.22. The van der Waals surface area contributed by atoms with Crippen molar-refractivity contribution < 1.29 is 13.2 Å². The number of anilines is 2. The maximum atomic E-state index is 12.9. The molecule has 9 heteroatoms. The fourth-order valence-corrected chi connectivity index (χ4v) is 3.30. The zero-order valence-corrected chi connectivity index (χ0v) is 15.8. The van der Waals surface area contributed by atoms with E-state index in [0.717, 1.165) is 22.5 Å². The number of hydrogen-bond donors (Lipinski definition) is 1. The lowest BCUT2D eigenvalue weighted by Crippen LogP contribution is -2.05. The van der Waals surface area contributed by atoms with Crippen LogP contribution in [0.1, 0.15) is 19.4 Å². The Morgan fingerprint density at radius 1 is 0.964 bits per heavy atom. The van der Waals surface area contributed by atoms with Crippen molar-refractivity contribution in [3.63, 3.8) is 0 Å². The highest BCUT2D eigenvalue weighted by atomic mass is 32.1. The van der Waals surface area contributed by atoms with Crippen LogP contribution in [0.2, 0.25) is 0 Å². The Balaban J connectivity index is 0.00000109. The van der Waals surface area contributed by atoms with Crippen LogP contribution in [0.25, 0.3) is 21.3 Å². The van der Waals surface area contributed by atoms with E-state index in [9.17, 15) is 13.2 Å². The van der Waals surface area contributed by atoms with Crippen molar-refractivity contribution in [2.45, 2.75) is 20.0 Å². The molecule has 1 N–H and O–H groups in total. The Labute approximate surface area is 163 Å². The number of hydrogen-bond acceptors (Lipinski definition) is 6. The molecule has 5 nitrogen and oxygen atoms in total. The molecule has 0 saturated carbocycles. The third-order valence-corrected chi connectivity index (χ3v) is 4.54. The first-order valence-corrected chi connectivity index (χ1v) is 9.27. The molecule has 0 aliphatic carbocycles. The summed E-state index contributed by atoms with van der Waals surface area (Å²) in [6.07, 6.45) is 0.845. The molecule has 0 radical (unpaired) electrons. The quantitative estimate of drug-likeness (QED) is 0.459. The number of nitrogens with zero attached hydrogens (tertiary/aromatic N) is 4. The third-order valence-electron chi connectivity index (χ3n) is 3.60. The average Bonchev–Trinajstić information content (AvgIpc) is 3.11. The molecule has 1 aromatic carbocycles. The van der Waals surface area contributed by atoms with Gasteiger partial charge in [-0.1, -0.05) is 31.3 Å². The lowest BCUT2D eigenvalue weighted by atomic mass is 10.1. The molecule has 3 heterocycles. The predicted octanol–water partition coefficient (Wildman–Crippen LogP) is 5.94. The summed E-state index contributed by atoms with van der Waals surface area (Å²) >= 11 is 1.39. The first kappa shape index (κ1) is 19.7. The standard InChI is InChI=1S/C17H10F3N5S.C2H6/c18-17(19,20)12-5-11(7-22-8-12)10-1-2-13-14(6-10)26-16(24-13)25-15-3-4-21-9-23-15;1-2/h1-9H,(H,21,23,24,25);1-2H3. The van der Waals surface area contributed by atoms with E-state index in [1.54, 1.807) is 30.5 Å². The number of rotatable bonds is 3. The molecule has 0 aliphatic heterocycles. The Hall–Kier alpha value is -3.07. The van der Waals surface area contributed by atoms with Crippen molar-refractivity contribution in [3.05, 3.63) is 60.8 Å². The third kappa shape index (κ3) is 4.42. The van der Waals surface area contributed by atoms with E-state index < -0.39 is 11.7 Å². The van der Waals surface area contributed by atoms with Crippen LogP contribution >= 0.6 is 11.3 Å². The normalized spacial score (nSPS) is 11.0. The van der Waals surface area contributed by atoms with E-state index in [-0.39, 0.29) is 0 Å². The highest BCUT2D eigenvalue weighted by Gasteiger charge is 2.31. The van der Waals surface area contributed by atoms with Crippen LogP contribution in [0.3, 0.4) is 0 Å². The van der Waals surface area contributed by atoms with Crippen molar-refractivity contribution in [2.75, 3.05) is 5.32 Å². The van der Waals surface area contributed by atoms with Crippen LogP contribution in [-0.4, -0.2) is 19.9 Å². The van der Waals surface area contributed by atoms with Gasteiger partial charge in [0.15, 0.2) is 5.13 Å². The van der Waals surface area contributed by atoms with E-state index in [0.29, 0.717) is 22.1 Å². The van der Waals surface area contributed by atoms with Gasteiger partial charge in [0.2, 0.25) is 0 Å². The van der Waals surface area contributed by atoms with E-state index in [2.05, 4.69) is 25.3 Å². The fourth-order valence-electron chi connectivity index (χ4n) is 2.38. The zero-order valence-electron chi connectivity index (χ0n) is 15.0. The Kier molecular flexibility index (Phi) is 5.84. The Morgan fingerprint density at radius 2 is 1.79 bits per heavy atom. The minimum Gasteiger partial charge on any atom is -0.316 e. The van der Waals surface area contributed by atoms with Crippen molar-refractivity contribution >= 4 is 32.5 Å². The van der Waals surface area contributed by atoms with Gasteiger partial charge in [0.25, 0.3) is 0 Å². The molecule has 0 atom stereocenters. The molecule has 4 rings (SSSR count). The number of pyridine rings is 1. The molecule has 0 aliphatic rings. The number of benzene rings is 1. The van der Waals surface area contributed by atoms with Gasteiger partial charge in [0, 0.05) is 24.2 Å². The number of alkyl halides is 3. The molecule has 144 valence electrons. The SMILES string of the molecule is CC.FC(F)(F)c1cncc(-c2ccc3nc(Nc4ccncn4)sc3c2)c1. The van der Waals surface area contributed by atoms with Gasteiger partial charge in [0.05, 0.1) is 15.8 Å². The lowest BCUT2D eigenvalue weighted by Gasteiger charge is -2.08. The van der Waals surface area contributed by atoms with Gasteiger partial charge < -0.3 is 5.32 Å². The second-order valence-corrected chi connectivity index (χ2v) is 6.41. The van der Waals surface area contributed by atoms with Gasteiger partial charge >= 0.3 is 6.18 Å². The summed E-state index contributed by atoms with van der Waals surface area (Å²) in [7, 11) is 0. The first-order chi connectivity index (χ1) is 13.5. The summed E-state index contributed by atoms with van der Waals surface area (Å²) in [5.74, 6) is 0.612. The lowest BCUT2D eigenvalue weighted by molar-refractivity contribution is -0.137. The van der Waals surface area contributed by atoms with E-state index in [4.69, 9.17) is 0 Å². The summed E-state index contributed by atoms with van der Waals surface area (Å²) in [5.41, 5.74) is 1.02. The monoisotopic (exact) mass is 403 g/mol. The Morgan fingerprint density at radius 3 is 2.50 bits per heavy atom. The predicted molar refractivity (Wildman–Crippen MR) is 105 cm³/mol. The molecule has 28 heavy (non-hydrogen) atoms. The Bertz CT molecular complexity index is 1060. The smallest absolute Gasteiger partial charge is 0.316 e. The van der Waals surface area contributed by atoms with E-state index in [1.807, 2.05) is 13.8 Å². The molecular formula is C19H16F3N5S. The topological polar surface area (TPSA) is 63.6 Å². The maximum Gasteiger partial charge on any atom is 0.417 e. The van der Waals surface area contributed by atoms with Crippen molar-refractivity contribution in [1.29, 1.82) is 0 Å². The molecule has 4 aromatic rings. The first-order valence-electron chi connectivity index (χ1n) is 8.45. The average molecular weight is 403 g/mol. The summed E-state index contributed by atoms with van der Waals surface area (Å²) in [6.45, 7) is 4.00. The van der Waals surface area contributed by atoms with Crippen LogP contribution in [0.5, 0.6) is 0 Å². The second-order valence-electron chi connectivity index (χ2n) is 5.38. The largest absolute Gasteiger partial charge is 0.417 e. The number of aromatic nitrogens is 4. The maximum absolute atomic E-state index is 12.9. The van der Waals surface area contributed by atoms with Gasteiger partial charge in [-0.25, -0.2) is 15.0 Å². The summed E-state index contributed by atoms with van der Waals surface area (Å²) in [6, 6.07) is 8.11. The van der Waals surface area contributed by atoms with E-state index >= 15 is 0 Å². The molecule has 0 amide bonds. The minimum atomic E-state index is -4.42. The molecule has 3 aromatic heterocycles. The van der Waals surface area contributed by atoms with Crippen molar-refractivity contribution in [1.82, 2.24) is 19.9 Å². The van der Waals surface area contributed by atoms with Crippen LogP contribution < -0.4 is 5.32 Å². The van der Waals surface area contributed by atoms with Crippen molar-refractivity contribution in [2.24, 2.45) is 0 Å². The van der Waals surface area contributed by atoms with Gasteiger partial charge in [-0.15, -0.1) is 0 Å². The number of thiazole rings is 1. The van der Waals surface area contributed by atoms with Crippen LogP contribution in [0.4, 0.5) is 24.1 Å². The van der Waals surface area contributed by atoms with Crippen LogP contribution in [0.15, 0.2) is 55.2 Å². The molecular weight excluding hydrogens is 387 g/mol. The highest BCUT2D eigenvalue weighted by Crippen LogP contribution is 2.34. The van der Waals surface area contributed by atoms with Gasteiger partial charge in [-0.2, -0.15) is 13.2 Å². The number of fused-ring (bicyclic) bond motifs is 1. The van der Waals surface area contributed by atoms with Crippen molar-refractivity contribution in [3.8, 4) is 11.1 Å². The summed E-state index contributed by atoms with van der Waals surface area (Å²) in [5, 5.41) is 3.71. The molecule has 0 unspecified atom stereocenters. The van der Waals surface area contributed by atoms with Crippen LogP contribution in [0, 0.1) is 0 Å². The summed E-state index contributed by atoms with van der Waals surface area (Å²) < 4.78 is 39.5. The van der Waals surface area contributed by atoms with Gasteiger partial charge in [-0.05, 0) is 29.8 Å². The fraction of sp³-hybridized carbons (Fsp3) is 0.158. The second kappa shape index (κ2) is 8.30. The summed E-state index contributed by atoms with van der Waals surface area (Å²) in [4.78, 5) is 16.1. The molecule has 0 saturated heterocycles. The number of halogens is 3. The number of nitrogens with one attached hydrogen (secondary N) is 1. The minimum absolute atomic E-state index is 0.403. The molecule has 0 bridgehead atoms. The zero-order chi connectivity index (χ0) is 20.1. The molecule has 0 spiro atoms. The van der Waals surface area contributed by atoms with Gasteiger partial charge in [0.1, 0.15) is 12.1 Å². The molecule has 0 fully saturated rings. The van der Waals surface area contributed by atoms with Crippen LogP contribution in [-0.2, 0) is 6.18 Å². The van der Waals surface area contributed by atoms with E-state index in [1.165, 1.54) is 23.9 Å².